The Bertz CT molecular complexity index is 137. The highest BCUT2D eigenvalue weighted by Crippen LogP contribution is 2.10. The zero-order chi connectivity index (χ0) is 11.9. The van der Waals surface area contributed by atoms with Crippen LogP contribution < -0.4 is 5.73 Å². The molecule has 16 heavy (non-hydrogen) atoms. The van der Waals surface area contributed by atoms with Crippen LogP contribution in [0.25, 0.3) is 0 Å². The second kappa shape index (κ2) is 14.5. The summed E-state index contributed by atoms with van der Waals surface area (Å²) in [5.74, 6) is 0. The van der Waals surface area contributed by atoms with E-state index in [0.717, 1.165) is 13.2 Å². The van der Waals surface area contributed by atoms with Gasteiger partial charge in [0.15, 0.2) is 0 Å². The molecule has 96 valence electrons. The molecule has 0 atom stereocenters. The molecular formula is C14H29NO. The van der Waals surface area contributed by atoms with Gasteiger partial charge in [0.2, 0.25) is 0 Å². The van der Waals surface area contributed by atoms with Crippen LogP contribution >= 0.6 is 0 Å². The van der Waals surface area contributed by atoms with Crippen molar-refractivity contribution in [1.82, 2.24) is 0 Å². The normalized spacial score (nSPS) is 10.3. The molecule has 0 saturated carbocycles. The molecule has 0 bridgehead atoms. The monoisotopic (exact) mass is 227 g/mol. The van der Waals surface area contributed by atoms with Gasteiger partial charge in [-0.25, -0.2) is 0 Å². The van der Waals surface area contributed by atoms with Crippen molar-refractivity contribution in [3.05, 3.63) is 12.8 Å². The molecule has 0 aliphatic heterocycles. The third kappa shape index (κ3) is 13.5. The highest BCUT2D eigenvalue weighted by atomic mass is 16.5. The molecule has 0 aliphatic carbocycles. The number of hydrogen-bond donors (Lipinski definition) is 1. The van der Waals surface area contributed by atoms with E-state index in [0.29, 0.717) is 0 Å². The fraction of sp³-hybridized carbons (Fsp3) is 0.857. The smallest absolute Gasteiger partial charge is 0.0873 e. The minimum Gasteiger partial charge on any atom is -0.502 e. The van der Waals surface area contributed by atoms with E-state index in [4.69, 9.17) is 10.5 Å². The van der Waals surface area contributed by atoms with E-state index in [2.05, 4.69) is 6.58 Å². The molecule has 0 spiro atoms. The van der Waals surface area contributed by atoms with E-state index in [1.807, 2.05) is 0 Å². The standard InChI is InChI=1S/C14H29NO/c1-2-16-14-12-10-8-6-4-3-5-7-9-11-13-15/h2H,1,3-15H2. The summed E-state index contributed by atoms with van der Waals surface area (Å²) in [5, 5.41) is 0. The predicted octanol–water partition coefficient (Wildman–Crippen LogP) is 4.01. The van der Waals surface area contributed by atoms with Gasteiger partial charge in [0.25, 0.3) is 0 Å². The Morgan fingerprint density at radius 2 is 1.19 bits per heavy atom. The van der Waals surface area contributed by atoms with E-state index < -0.39 is 0 Å². The first-order valence-electron chi connectivity index (χ1n) is 6.84. The van der Waals surface area contributed by atoms with Crippen molar-refractivity contribution in [2.45, 2.75) is 64.2 Å². The van der Waals surface area contributed by atoms with E-state index >= 15 is 0 Å². The second-order valence-corrected chi connectivity index (χ2v) is 4.36. The third-order valence-corrected chi connectivity index (χ3v) is 2.83. The van der Waals surface area contributed by atoms with Crippen LogP contribution in [0.4, 0.5) is 0 Å². The summed E-state index contributed by atoms with van der Waals surface area (Å²) in [7, 11) is 0. The second-order valence-electron chi connectivity index (χ2n) is 4.36. The molecule has 0 aliphatic rings. The first-order chi connectivity index (χ1) is 7.91. The van der Waals surface area contributed by atoms with Gasteiger partial charge in [0, 0.05) is 0 Å². The van der Waals surface area contributed by atoms with Crippen molar-refractivity contribution < 1.29 is 4.74 Å². The summed E-state index contributed by atoms with van der Waals surface area (Å²) < 4.78 is 5.07. The molecule has 0 amide bonds. The summed E-state index contributed by atoms with van der Waals surface area (Å²) in [6.45, 7) is 5.21. The number of nitrogens with two attached hydrogens (primary N) is 1. The highest BCUT2D eigenvalue weighted by Gasteiger charge is 1.92. The first-order valence-corrected chi connectivity index (χ1v) is 6.84. The molecular weight excluding hydrogens is 198 g/mol. The Morgan fingerprint density at radius 1 is 0.750 bits per heavy atom. The molecule has 0 unspecified atom stereocenters. The number of hydrogen-bond acceptors (Lipinski definition) is 2. The molecule has 0 heterocycles. The van der Waals surface area contributed by atoms with Crippen LogP contribution in [0.2, 0.25) is 0 Å². The Balaban J connectivity index is 2.85. The van der Waals surface area contributed by atoms with Crippen LogP contribution in [-0.2, 0) is 4.74 Å². The predicted molar refractivity (Wildman–Crippen MR) is 71.4 cm³/mol. The van der Waals surface area contributed by atoms with Crippen molar-refractivity contribution in [3.63, 3.8) is 0 Å². The number of unbranched alkanes of at least 4 members (excludes halogenated alkanes) is 9. The van der Waals surface area contributed by atoms with Crippen LogP contribution in [0.1, 0.15) is 64.2 Å². The lowest BCUT2D eigenvalue weighted by atomic mass is 10.1. The van der Waals surface area contributed by atoms with Gasteiger partial charge in [-0.15, -0.1) is 0 Å². The van der Waals surface area contributed by atoms with Crippen LogP contribution in [0.3, 0.4) is 0 Å². The van der Waals surface area contributed by atoms with E-state index in [-0.39, 0.29) is 0 Å². The third-order valence-electron chi connectivity index (χ3n) is 2.83. The lowest BCUT2D eigenvalue weighted by Gasteiger charge is -2.02. The van der Waals surface area contributed by atoms with Crippen LogP contribution in [0.5, 0.6) is 0 Å². The number of ether oxygens (including phenoxy) is 1. The first kappa shape index (κ1) is 15.5. The van der Waals surface area contributed by atoms with Crippen LogP contribution in [0.15, 0.2) is 12.8 Å². The van der Waals surface area contributed by atoms with E-state index in [1.165, 1.54) is 70.5 Å². The highest BCUT2D eigenvalue weighted by molar-refractivity contribution is 4.51. The minimum atomic E-state index is 0.836. The molecule has 0 aromatic carbocycles. The zero-order valence-electron chi connectivity index (χ0n) is 10.8. The zero-order valence-corrected chi connectivity index (χ0v) is 10.8. The van der Waals surface area contributed by atoms with Gasteiger partial charge in [-0.1, -0.05) is 57.9 Å². The van der Waals surface area contributed by atoms with Gasteiger partial charge in [-0.3, -0.25) is 0 Å². The fourth-order valence-electron chi connectivity index (χ4n) is 1.83. The fourth-order valence-corrected chi connectivity index (χ4v) is 1.83. The molecule has 0 rings (SSSR count). The number of rotatable bonds is 13. The van der Waals surface area contributed by atoms with Crippen molar-refractivity contribution in [2.24, 2.45) is 5.73 Å². The van der Waals surface area contributed by atoms with Crippen LogP contribution in [-0.4, -0.2) is 13.2 Å². The van der Waals surface area contributed by atoms with Crippen LogP contribution in [0, 0.1) is 0 Å². The van der Waals surface area contributed by atoms with Gasteiger partial charge in [0.05, 0.1) is 12.9 Å². The quantitative estimate of drug-likeness (QED) is 0.381. The Kier molecular flexibility index (Phi) is 14.0. The minimum absolute atomic E-state index is 0.836. The lowest BCUT2D eigenvalue weighted by molar-refractivity contribution is 0.241. The maximum Gasteiger partial charge on any atom is 0.0873 e. The molecule has 2 N–H and O–H groups in total. The van der Waals surface area contributed by atoms with E-state index in [1.54, 1.807) is 0 Å². The van der Waals surface area contributed by atoms with Gasteiger partial charge >= 0.3 is 0 Å². The van der Waals surface area contributed by atoms with Crippen molar-refractivity contribution >= 4 is 0 Å². The molecule has 0 aromatic rings. The molecule has 0 saturated heterocycles. The van der Waals surface area contributed by atoms with E-state index in [9.17, 15) is 0 Å². The Morgan fingerprint density at radius 3 is 1.62 bits per heavy atom. The Hall–Kier alpha value is -0.500. The van der Waals surface area contributed by atoms with Gasteiger partial charge in [0.1, 0.15) is 0 Å². The van der Waals surface area contributed by atoms with Gasteiger partial charge in [-0.05, 0) is 19.4 Å². The average molecular weight is 227 g/mol. The summed E-state index contributed by atoms with van der Waals surface area (Å²) in [5.41, 5.74) is 5.44. The summed E-state index contributed by atoms with van der Waals surface area (Å²) >= 11 is 0. The summed E-state index contributed by atoms with van der Waals surface area (Å²) in [6, 6.07) is 0. The van der Waals surface area contributed by atoms with Crippen molar-refractivity contribution in [3.8, 4) is 0 Å². The molecule has 2 nitrogen and oxygen atoms in total. The topological polar surface area (TPSA) is 35.2 Å². The molecule has 0 radical (unpaired) electrons. The maximum absolute atomic E-state index is 5.44. The average Bonchev–Trinajstić information content (AvgIpc) is 2.31. The molecule has 2 heteroatoms. The largest absolute Gasteiger partial charge is 0.502 e. The summed E-state index contributed by atoms with van der Waals surface area (Å²) in [6.07, 6.45) is 14.8. The molecule has 0 fully saturated rings. The lowest BCUT2D eigenvalue weighted by Crippen LogP contribution is -1.97. The maximum atomic E-state index is 5.44. The van der Waals surface area contributed by atoms with Crippen molar-refractivity contribution in [2.75, 3.05) is 13.2 Å². The summed E-state index contributed by atoms with van der Waals surface area (Å²) in [4.78, 5) is 0. The van der Waals surface area contributed by atoms with Gasteiger partial charge in [-0.2, -0.15) is 0 Å². The van der Waals surface area contributed by atoms with Crippen molar-refractivity contribution in [1.29, 1.82) is 0 Å². The Labute approximate surface area is 101 Å². The van der Waals surface area contributed by atoms with Gasteiger partial charge < -0.3 is 10.5 Å². The molecule has 0 aromatic heterocycles. The SMILES string of the molecule is C=COCCCCCCCCCCCCN.